The second-order valence-corrected chi connectivity index (χ2v) is 5.89. The van der Waals surface area contributed by atoms with Crippen LogP contribution in [0.5, 0.6) is 5.75 Å². The SMILES string of the molecule is COc1ccc(CN2CCSCC2C)cc1CN. The van der Waals surface area contributed by atoms with Crippen LogP contribution in [0.4, 0.5) is 0 Å². The van der Waals surface area contributed by atoms with Crippen LogP contribution < -0.4 is 10.5 Å². The second kappa shape index (κ2) is 6.45. The molecular weight excluding hydrogens is 244 g/mol. The Kier molecular flexibility index (Phi) is 4.92. The number of benzene rings is 1. The molecule has 0 aliphatic carbocycles. The van der Waals surface area contributed by atoms with E-state index in [9.17, 15) is 0 Å². The van der Waals surface area contributed by atoms with Crippen molar-refractivity contribution in [3.05, 3.63) is 29.3 Å². The van der Waals surface area contributed by atoms with Crippen LogP contribution in [0.3, 0.4) is 0 Å². The molecule has 0 saturated carbocycles. The monoisotopic (exact) mass is 266 g/mol. The van der Waals surface area contributed by atoms with E-state index < -0.39 is 0 Å². The van der Waals surface area contributed by atoms with Crippen LogP contribution in [0, 0.1) is 0 Å². The highest BCUT2D eigenvalue weighted by atomic mass is 32.2. The van der Waals surface area contributed by atoms with E-state index in [1.54, 1.807) is 7.11 Å². The summed E-state index contributed by atoms with van der Waals surface area (Å²) in [7, 11) is 1.69. The van der Waals surface area contributed by atoms with Gasteiger partial charge in [-0.15, -0.1) is 0 Å². The van der Waals surface area contributed by atoms with Gasteiger partial charge in [-0.2, -0.15) is 11.8 Å². The van der Waals surface area contributed by atoms with E-state index in [1.807, 2.05) is 17.8 Å². The van der Waals surface area contributed by atoms with E-state index in [2.05, 4.69) is 24.0 Å². The molecule has 3 nitrogen and oxygen atoms in total. The Bertz CT molecular complexity index is 397. The lowest BCUT2D eigenvalue weighted by Gasteiger charge is -2.33. The molecule has 1 fully saturated rings. The van der Waals surface area contributed by atoms with Crippen molar-refractivity contribution in [1.82, 2.24) is 4.90 Å². The van der Waals surface area contributed by atoms with Gasteiger partial charge in [-0.3, -0.25) is 4.90 Å². The quantitative estimate of drug-likeness (QED) is 0.905. The van der Waals surface area contributed by atoms with Crippen molar-refractivity contribution in [1.29, 1.82) is 0 Å². The normalized spacial score (nSPS) is 20.9. The number of rotatable bonds is 4. The summed E-state index contributed by atoms with van der Waals surface area (Å²) in [5.41, 5.74) is 8.18. The fraction of sp³-hybridized carbons (Fsp3) is 0.571. The van der Waals surface area contributed by atoms with Crippen LogP contribution in [-0.2, 0) is 13.1 Å². The summed E-state index contributed by atoms with van der Waals surface area (Å²) in [6.07, 6.45) is 0. The van der Waals surface area contributed by atoms with E-state index >= 15 is 0 Å². The van der Waals surface area contributed by atoms with Gasteiger partial charge in [0.15, 0.2) is 0 Å². The fourth-order valence-corrected chi connectivity index (χ4v) is 3.40. The van der Waals surface area contributed by atoms with Crippen molar-refractivity contribution in [3.8, 4) is 5.75 Å². The lowest BCUT2D eigenvalue weighted by atomic mass is 10.1. The minimum Gasteiger partial charge on any atom is -0.496 e. The summed E-state index contributed by atoms with van der Waals surface area (Å²) in [5.74, 6) is 3.37. The molecule has 0 radical (unpaired) electrons. The number of hydrogen-bond acceptors (Lipinski definition) is 4. The topological polar surface area (TPSA) is 38.5 Å². The predicted octanol–water partition coefficient (Wildman–Crippen LogP) is 2.09. The number of methoxy groups -OCH3 is 1. The number of nitrogens with zero attached hydrogens (tertiary/aromatic N) is 1. The van der Waals surface area contributed by atoms with E-state index in [-0.39, 0.29) is 0 Å². The summed E-state index contributed by atoms with van der Waals surface area (Å²) < 4.78 is 5.31. The lowest BCUT2D eigenvalue weighted by molar-refractivity contribution is 0.224. The van der Waals surface area contributed by atoms with Crippen LogP contribution in [-0.4, -0.2) is 36.1 Å². The van der Waals surface area contributed by atoms with Crippen molar-refractivity contribution < 1.29 is 4.74 Å². The zero-order chi connectivity index (χ0) is 13.0. The van der Waals surface area contributed by atoms with Gasteiger partial charge in [0.1, 0.15) is 5.75 Å². The zero-order valence-corrected chi connectivity index (χ0v) is 12.0. The molecule has 1 atom stereocenters. The number of nitrogens with two attached hydrogens (primary N) is 1. The Morgan fingerprint density at radius 1 is 1.50 bits per heavy atom. The van der Waals surface area contributed by atoms with Crippen LogP contribution in [0.2, 0.25) is 0 Å². The zero-order valence-electron chi connectivity index (χ0n) is 11.2. The molecule has 1 aromatic rings. The first kappa shape index (κ1) is 13.7. The molecule has 1 unspecified atom stereocenters. The lowest BCUT2D eigenvalue weighted by Crippen LogP contribution is -2.39. The Balaban J connectivity index is 2.08. The first-order valence-electron chi connectivity index (χ1n) is 6.42. The van der Waals surface area contributed by atoms with Gasteiger partial charge in [0.05, 0.1) is 7.11 Å². The molecule has 2 N–H and O–H groups in total. The molecule has 18 heavy (non-hydrogen) atoms. The third kappa shape index (κ3) is 3.19. The molecule has 0 amide bonds. The summed E-state index contributed by atoms with van der Waals surface area (Å²) in [6, 6.07) is 7.01. The Morgan fingerprint density at radius 3 is 3.00 bits per heavy atom. The van der Waals surface area contributed by atoms with Crippen molar-refractivity contribution in [2.45, 2.75) is 26.1 Å². The smallest absolute Gasteiger partial charge is 0.123 e. The maximum Gasteiger partial charge on any atom is 0.123 e. The molecule has 0 aromatic heterocycles. The molecule has 4 heteroatoms. The Morgan fingerprint density at radius 2 is 2.33 bits per heavy atom. The minimum absolute atomic E-state index is 0.530. The summed E-state index contributed by atoms with van der Waals surface area (Å²) in [6.45, 7) is 5.02. The molecule has 2 rings (SSSR count). The molecule has 0 spiro atoms. The third-order valence-corrected chi connectivity index (χ3v) is 4.64. The highest BCUT2D eigenvalue weighted by Gasteiger charge is 2.18. The van der Waals surface area contributed by atoms with Gasteiger partial charge in [-0.1, -0.05) is 6.07 Å². The van der Waals surface area contributed by atoms with Gasteiger partial charge in [0.2, 0.25) is 0 Å². The van der Waals surface area contributed by atoms with Gasteiger partial charge < -0.3 is 10.5 Å². The molecule has 1 saturated heterocycles. The van der Waals surface area contributed by atoms with Crippen LogP contribution in [0.15, 0.2) is 18.2 Å². The van der Waals surface area contributed by atoms with E-state index in [0.29, 0.717) is 12.6 Å². The highest BCUT2D eigenvalue weighted by Crippen LogP contribution is 2.23. The molecule has 0 bridgehead atoms. The molecule has 1 aromatic carbocycles. The average Bonchev–Trinajstić information content (AvgIpc) is 2.41. The summed E-state index contributed by atoms with van der Waals surface area (Å²) in [4.78, 5) is 2.54. The number of thioether (sulfide) groups is 1. The summed E-state index contributed by atoms with van der Waals surface area (Å²) in [5, 5.41) is 0. The van der Waals surface area contributed by atoms with E-state index in [0.717, 1.165) is 17.9 Å². The van der Waals surface area contributed by atoms with Crippen molar-refractivity contribution in [2.75, 3.05) is 25.2 Å². The van der Waals surface area contributed by atoms with Crippen LogP contribution in [0.25, 0.3) is 0 Å². The van der Waals surface area contributed by atoms with Gasteiger partial charge in [-0.05, 0) is 24.6 Å². The third-order valence-electron chi connectivity index (χ3n) is 3.46. The van der Waals surface area contributed by atoms with Crippen LogP contribution in [0.1, 0.15) is 18.1 Å². The van der Waals surface area contributed by atoms with E-state index in [4.69, 9.17) is 10.5 Å². The fourth-order valence-electron chi connectivity index (χ4n) is 2.32. The predicted molar refractivity (Wildman–Crippen MR) is 78.1 cm³/mol. The molecule has 1 aliphatic rings. The molecule has 100 valence electrons. The molecule has 1 aliphatic heterocycles. The standard InChI is InChI=1S/C14H22N2OS/c1-11-10-18-6-5-16(11)9-12-3-4-14(17-2)13(7-12)8-15/h3-4,7,11H,5-6,8-10,15H2,1-2H3. The average molecular weight is 266 g/mol. The molecular formula is C14H22N2OS. The maximum atomic E-state index is 5.76. The highest BCUT2D eigenvalue weighted by molar-refractivity contribution is 7.99. The van der Waals surface area contributed by atoms with Gasteiger partial charge in [0, 0.05) is 42.7 Å². The minimum atomic E-state index is 0.530. The maximum absolute atomic E-state index is 5.76. The first-order chi connectivity index (χ1) is 8.74. The Hall–Kier alpha value is -0.710. The van der Waals surface area contributed by atoms with Crippen molar-refractivity contribution in [2.24, 2.45) is 5.73 Å². The van der Waals surface area contributed by atoms with E-state index in [1.165, 1.54) is 23.6 Å². The van der Waals surface area contributed by atoms with Crippen LogP contribution >= 0.6 is 11.8 Å². The van der Waals surface area contributed by atoms with Gasteiger partial charge >= 0.3 is 0 Å². The van der Waals surface area contributed by atoms with Crippen molar-refractivity contribution >= 4 is 11.8 Å². The van der Waals surface area contributed by atoms with Crippen molar-refractivity contribution in [3.63, 3.8) is 0 Å². The largest absolute Gasteiger partial charge is 0.496 e. The number of ether oxygens (including phenoxy) is 1. The molecule has 1 heterocycles. The Labute approximate surface area is 114 Å². The summed E-state index contributed by atoms with van der Waals surface area (Å²) >= 11 is 2.05. The van der Waals surface area contributed by atoms with Gasteiger partial charge in [0.25, 0.3) is 0 Å². The number of hydrogen-bond donors (Lipinski definition) is 1. The van der Waals surface area contributed by atoms with Gasteiger partial charge in [-0.25, -0.2) is 0 Å². The first-order valence-corrected chi connectivity index (χ1v) is 7.57. The second-order valence-electron chi connectivity index (χ2n) is 4.74.